The highest BCUT2D eigenvalue weighted by Crippen LogP contribution is 2.37. The van der Waals surface area contributed by atoms with Gasteiger partial charge in [0.1, 0.15) is 17.1 Å². The standard InChI is InChI=1S/C34H35NO3/c1-5-6-10-30-32(27-9-7-8-11-29(27)38-30)33(37)35-21-22-12-18-26-24(20-22)15-19-28(36)31(26)23-13-16-25(17-14-23)34(2,3)4/h7-9,11-20,36H,5-6,10,21H2,1-4H3,(H,35,37). The average Bonchev–Trinajstić information content (AvgIpc) is 3.28. The summed E-state index contributed by atoms with van der Waals surface area (Å²) in [6.07, 6.45) is 2.75. The quantitative estimate of drug-likeness (QED) is 0.233. The average molecular weight is 506 g/mol. The van der Waals surface area contributed by atoms with Crippen LogP contribution in [0.3, 0.4) is 0 Å². The van der Waals surface area contributed by atoms with Crippen molar-refractivity contribution in [2.75, 3.05) is 0 Å². The van der Waals surface area contributed by atoms with Crippen LogP contribution in [-0.2, 0) is 18.4 Å². The Bertz CT molecular complexity index is 1600. The second-order valence-corrected chi connectivity index (χ2v) is 11.0. The van der Waals surface area contributed by atoms with Crippen molar-refractivity contribution in [3.8, 4) is 16.9 Å². The van der Waals surface area contributed by atoms with Crippen LogP contribution in [0.5, 0.6) is 5.75 Å². The van der Waals surface area contributed by atoms with Crippen molar-refractivity contribution in [3.63, 3.8) is 0 Å². The number of fused-ring (bicyclic) bond motifs is 2. The van der Waals surface area contributed by atoms with E-state index in [1.807, 2.05) is 42.5 Å². The van der Waals surface area contributed by atoms with E-state index in [1.54, 1.807) is 6.07 Å². The number of aromatic hydroxyl groups is 1. The number of benzene rings is 4. The smallest absolute Gasteiger partial charge is 0.255 e. The minimum absolute atomic E-state index is 0.0676. The maximum absolute atomic E-state index is 13.3. The molecule has 2 N–H and O–H groups in total. The van der Waals surface area contributed by atoms with Crippen LogP contribution in [0.25, 0.3) is 32.9 Å². The Morgan fingerprint density at radius 2 is 1.68 bits per heavy atom. The predicted molar refractivity (Wildman–Crippen MR) is 156 cm³/mol. The normalized spacial score (nSPS) is 11.8. The van der Waals surface area contributed by atoms with Gasteiger partial charge in [0.15, 0.2) is 0 Å². The molecule has 1 amide bonds. The number of hydrogen-bond acceptors (Lipinski definition) is 3. The number of phenolic OH excluding ortho intramolecular Hbond substituents is 1. The third-order valence-electron chi connectivity index (χ3n) is 7.21. The van der Waals surface area contributed by atoms with Crippen LogP contribution < -0.4 is 5.32 Å². The van der Waals surface area contributed by atoms with E-state index in [1.165, 1.54) is 5.56 Å². The minimum Gasteiger partial charge on any atom is -0.507 e. The number of amides is 1. The van der Waals surface area contributed by atoms with Gasteiger partial charge < -0.3 is 14.8 Å². The van der Waals surface area contributed by atoms with Crippen LogP contribution in [-0.4, -0.2) is 11.0 Å². The first-order chi connectivity index (χ1) is 18.3. The summed E-state index contributed by atoms with van der Waals surface area (Å²) in [4.78, 5) is 13.3. The zero-order valence-electron chi connectivity index (χ0n) is 22.6. The van der Waals surface area contributed by atoms with Gasteiger partial charge >= 0.3 is 0 Å². The van der Waals surface area contributed by atoms with Gasteiger partial charge in [0.05, 0.1) is 5.56 Å². The number of para-hydroxylation sites is 1. The molecular weight excluding hydrogens is 470 g/mol. The molecule has 4 nitrogen and oxygen atoms in total. The molecule has 1 aromatic heterocycles. The van der Waals surface area contributed by atoms with Gasteiger partial charge in [-0.3, -0.25) is 4.79 Å². The van der Waals surface area contributed by atoms with E-state index >= 15 is 0 Å². The Labute approximate surface area is 224 Å². The van der Waals surface area contributed by atoms with Crippen molar-refractivity contribution in [1.29, 1.82) is 0 Å². The first-order valence-electron chi connectivity index (χ1n) is 13.4. The molecule has 194 valence electrons. The molecular formula is C34H35NO3. The van der Waals surface area contributed by atoms with Crippen molar-refractivity contribution in [3.05, 3.63) is 101 Å². The predicted octanol–water partition coefficient (Wildman–Crippen LogP) is 8.53. The zero-order chi connectivity index (χ0) is 26.9. The summed E-state index contributed by atoms with van der Waals surface area (Å²) < 4.78 is 6.04. The van der Waals surface area contributed by atoms with E-state index in [0.717, 1.165) is 63.5 Å². The lowest BCUT2D eigenvalue weighted by Crippen LogP contribution is -2.23. The molecule has 0 bridgehead atoms. The van der Waals surface area contributed by atoms with E-state index in [4.69, 9.17) is 4.42 Å². The van der Waals surface area contributed by atoms with Gasteiger partial charge in [-0.25, -0.2) is 0 Å². The van der Waals surface area contributed by atoms with E-state index in [-0.39, 0.29) is 17.1 Å². The van der Waals surface area contributed by atoms with Crippen LogP contribution in [0.1, 0.15) is 67.8 Å². The SMILES string of the molecule is CCCCc1oc2ccccc2c1C(=O)NCc1ccc2c(-c3ccc(C(C)(C)C)cc3)c(O)ccc2c1. The fourth-order valence-corrected chi connectivity index (χ4v) is 5.05. The second-order valence-electron chi connectivity index (χ2n) is 11.0. The highest BCUT2D eigenvalue weighted by Gasteiger charge is 2.20. The number of nitrogens with one attached hydrogen (secondary N) is 1. The largest absolute Gasteiger partial charge is 0.507 e. The molecule has 5 aromatic rings. The second kappa shape index (κ2) is 10.4. The molecule has 0 aliphatic carbocycles. The van der Waals surface area contributed by atoms with Gasteiger partial charge in [-0.2, -0.15) is 0 Å². The van der Waals surface area contributed by atoms with Crippen molar-refractivity contribution >= 4 is 27.6 Å². The summed E-state index contributed by atoms with van der Waals surface area (Å²) in [5.41, 5.74) is 5.50. The monoisotopic (exact) mass is 505 g/mol. The van der Waals surface area contributed by atoms with Crippen molar-refractivity contribution in [1.82, 2.24) is 5.32 Å². The Hall–Kier alpha value is -4.05. The topological polar surface area (TPSA) is 62.5 Å². The molecule has 0 saturated heterocycles. The van der Waals surface area contributed by atoms with Crippen LogP contribution in [0.15, 0.2) is 83.3 Å². The first-order valence-corrected chi connectivity index (χ1v) is 13.4. The number of carbonyl (C=O) groups is 1. The van der Waals surface area contributed by atoms with Crippen LogP contribution in [0.2, 0.25) is 0 Å². The molecule has 38 heavy (non-hydrogen) atoms. The lowest BCUT2D eigenvalue weighted by molar-refractivity contribution is 0.0950. The summed E-state index contributed by atoms with van der Waals surface area (Å²) in [7, 11) is 0. The molecule has 0 atom stereocenters. The van der Waals surface area contributed by atoms with E-state index in [9.17, 15) is 9.90 Å². The fourth-order valence-electron chi connectivity index (χ4n) is 5.05. The molecule has 0 aliphatic heterocycles. The Morgan fingerprint density at radius 1 is 0.921 bits per heavy atom. The number of aryl methyl sites for hydroxylation is 1. The molecule has 0 fully saturated rings. The van der Waals surface area contributed by atoms with Crippen molar-refractivity contribution in [2.45, 2.75) is 58.9 Å². The van der Waals surface area contributed by atoms with Gasteiger partial charge in [0.25, 0.3) is 5.91 Å². The van der Waals surface area contributed by atoms with E-state index in [0.29, 0.717) is 12.1 Å². The highest BCUT2D eigenvalue weighted by atomic mass is 16.3. The molecule has 4 heteroatoms. The molecule has 0 unspecified atom stereocenters. The third-order valence-corrected chi connectivity index (χ3v) is 7.21. The minimum atomic E-state index is -0.119. The van der Waals surface area contributed by atoms with Gasteiger partial charge in [0.2, 0.25) is 0 Å². The first kappa shape index (κ1) is 25.6. The van der Waals surface area contributed by atoms with Crippen molar-refractivity contribution in [2.24, 2.45) is 0 Å². The van der Waals surface area contributed by atoms with Gasteiger partial charge in [0, 0.05) is 23.9 Å². The molecule has 1 heterocycles. The van der Waals surface area contributed by atoms with Crippen LogP contribution >= 0.6 is 0 Å². The summed E-state index contributed by atoms with van der Waals surface area (Å²) in [5, 5.41) is 16.7. The molecule has 5 rings (SSSR count). The lowest BCUT2D eigenvalue weighted by Gasteiger charge is -2.19. The molecule has 0 radical (unpaired) electrons. The maximum atomic E-state index is 13.3. The van der Waals surface area contributed by atoms with Crippen LogP contribution in [0.4, 0.5) is 0 Å². The summed E-state index contributed by atoms with van der Waals surface area (Å²) >= 11 is 0. The number of furan rings is 1. The zero-order valence-corrected chi connectivity index (χ0v) is 22.6. The number of carbonyl (C=O) groups excluding carboxylic acids is 1. The lowest BCUT2D eigenvalue weighted by atomic mass is 9.86. The molecule has 4 aromatic carbocycles. The Morgan fingerprint density at radius 3 is 2.42 bits per heavy atom. The number of hydrogen-bond donors (Lipinski definition) is 2. The molecule has 0 aliphatic rings. The van der Waals surface area contributed by atoms with E-state index in [2.05, 4.69) is 63.3 Å². The van der Waals surface area contributed by atoms with Crippen LogP contribution in [0, 0.1) is 0 Å². The number of unbranched alkanes of at least 4 members (excludes halogenated alkanes) is 1. The third kappa shape index (κ3) is 5.04. The number of rotatable bonds is 7. The van der Waals surface area contributed by atoms with Crippen molar-refractivity contribution < 1.29 is 14.3 Å². The fraction of sp³-hybridized carbons (Fsp3) is 0.265. The number of phenols is 1. The molecule has 0 spiro atoms. The Balaban J connectivity index is 1.41. The molecule has 0 saturated carbocycles. The van der Waals surface area contributed by atoms with E-state index < -0.39 is 0 Å². The van der Waals surface area contributed by atoms with Gasteiger partial charge in [-0.1, -0.05) is 94.8 Å². The maximum Gasteiger partial charge on any atom is 0.255 e. The highest BCUT2D eigenvalue weighted by molar-refractivity contribution is 6.07. The summed E-state index contributed by atoms with van der Waals surface area (Å²) in [6.45, 7) is 9.11. The van der Waals surface area contributed by atoms with Gasteiger partial charge in [-0.05, 0) is 57.5 Å². The summed E-state index contributed by atoms with van der Waals surface area (Å²) in [6, 6.07) is 25.9. The Kier molecular flexibility index (Phi) is 6.98. The van der Waals surface area contributed by atoms with Gasteiger partial charge in [-0.15, -0.1) is 0 Å². The summed E-state index contributed by atoms with van der Waals surface area (Å²) in [5.74, 6) is 0.890.